The average molecular weight is 506 g/mol. The quantitative estimate of drug-likeness (QED) is 0.338. The van der Waals surface area contributed by atoms with Gasteiger partial charge in [0.2, 0.25) is 0 Å². The van der Waals surface area contributed by atoms with Crippen LogP contribution in [-0.4, -0.2) is 18.1 Å². The van der Waals surface area contributed by atoms with Crippen molar-refractivity contribution in [1.82, 2.24) is 0 Å². The molecule has 0 aromatic carbocycles. The molecular formula is HoO7Si2Yb. The molecule has 11 heteroatoms. The molecule has 0 aliphatic heterocycles. The van der Waals surface area contributed by atoms with Crippen molar-refractivity contribution in [3.63, 3.8) is 0 Å². The Labute approximate surface area is 133 Å². The van der Waals surface area contributed by atoms with Gasteiger partial charge in [-0.25, -0.2) is 0 Å². The Bertz CT molecular complexity index is 81.6. The van der Waals surface area contributed by atoms with E-state index in [1.54, 1.807) is 0 Å². The maximum absolute atomic E-state index is 9.36. The van der Waals surface area contributed by atoms with Crippen LogP contribution in [0.25, 0.3) is 0 Å². The van der Waals surface area contributed by atoms with E-state index in [9.17, 15) is 28.8 Å². The summed E-state index contributed by atoms with van der Waals surface area (Å²) in [5.41, 5.74) is 0. The second kappa shape index (κ2) is 7.25. The van der Waals surface area contributed by atoms with Gasteiger partial charge in [0.1, 0.15) is 0 Å². The monoisotopic (exact) mass is 507 g/mol. The van der Waals surface area contributed by atoms with Crippen molar-refractivity contribution >= 4 is 18.1 Å². The van der Waals surface area contributed by atoms with E-state index in [4.69, 9.17) is 0 Å². The summed E-state index contributed by atoms with van der Waals surface area (Å²) in [6.45, 7) is 0. The largest absolute Gasteiger partial charge is 3.00 e. The molecule has 0 heterocycles. The van der Waals surface area contributed by atoms with Gasteiger partial charge in [-0.3, -0.25) is 0 Å². The van der Waals surface area contributed by atoms with Crippen molar-refractivity contribution in [1.29, 1.82) is 0 Å². The first kappa shape index (κ1) is 19.5. The van der Waals surface area contributed by atoms with E-state index in [1.165, 1.54) is 0 Å². The van der Waals surface area contributed by atoms with Crippen molar-refractivity contribution < 1.29 is 118 Å². The topological polar surface area (TPSA) is 148 Å². The van der Waals surface area contributed by atoms with E-state index in [1.807, 2.05) is 0 Å². The fourth-order valence-electron chi connectivity index (χ4n) is 0.153. The molecule has 0 saturated heterocycles. The van der Waals surface area contributed by atoms with Gasteiger partial charge in [-0.05, 0) is 0 Å². The number of hydrogen-bond donors (Lipinski definition) is 0. The molecule has 0 aliphatic carbocycles. The first-order valence-electron chi connectivity index (χ1n) is 1.63. The van der Waals surface area contributed by atoms with Crippen molar-refractivity contribution in [3.8, 4) is 0 Å². The third kappa shape index (κ3) is 19.4. The van der Waals surface area contributed by atoms with Gasteiger partial charge in [-0.2, -0.15) is 0 Å². The van der Waals surface area contributed by atoms with E-state index in [0.717, 1.165) is 0 Å². The molecule has 0 aliphatic rings. The molecule has 11 heavy (non-hydrogen) atoms. The van der Waals surface area contributed by atoms with Gasteiger partial charge in [0.15, 0.2) is 0 Å². The minimum atomic E-state index is -5.92. The van der Waals surface area contributed by atoms with Gasteiger partial charge >= 0.3 is 84.7 Å². The second-order valence-electron chi connectivity index (χ2n) is 1.10. The summed E-state index contributed by atoms with van der Waals surface area (Å²) in [6.07, 6.45) is 0. The molecule has 1 radical (unpaired) electrons. The molecule has 7 nitrogen and oxygen atoms in total. The Hall–Kier alpha value is 2.93. The summed E-state index contributed by atoms with van der Waals surface area (Å²) in [6, 6.07) is 0. The number of rotatable bonds is 2. The van der Waals surface area contributed by atoms with Crippen LogP contribution in [0.3, 0.4) is 0 Å². The van der Waals surface area contributed by atoms with Gasteiger partial charge in [0, 0.05) is 0 Å². The fourth-order valence-corrected chi connectivity index (χ4v) is 1.38. The van der Waals surface area contributed by atoms with Crippen LogP contribution in [-0.2, 0) is 4.12 Å². The van der Waals surface area contributed by atoms with Crippen molar-refractivity contribution in [2.75, 3.05) is 0 Å². The third-order valence-electron chi connectivity index (χ3n) is 0.250. The Morgan fingerprint density at radius 2 is 0.909 bits per heavy atom. The molecule has 0 rings (SSSR count). The molecule has 0 spiro atoms. The van der Waals surface area contributed by atoms with Crippen molar-refractivity contribution in [3.05, 3.63) is 0 Å². The maximum Gasteiger partial charge on any atom is 3.00 e. The van der Waals surface area contributed by atoms with E-state index >= 15 is 0 Å². The predicted octanol–water partition coefficient (Wildman–Crippen LogP) is -7.96. The van der Waals surface area contributed by atoms with Gasteiger partial charge in [-0.1, -0.05) is 0 Å². The fraction of sp³-hybridized carbons (Fsp3) is 0. The minimum absolute atomic E-state index is 0. The van der Waals surface area contributed by atoms with Gasteiger partial charge < -0.3 is 32.9 Å². The Morgan fingerprint density at radius 1 is 0.727 bits per heavy atom. The summed E-state index contributed by atoms with van der Waals surface area (Å²) < 4.78 is 2.57. The number of hydrogen-bond acceptors (Lipinski definition) is 7. The summed E-state index contributed by atoms with van der Waals surface area (Å²) >= 11 is 0. The van der Waals surface area contributed by atoms with E-state index < -0.39 is 18.1 Å². The molecule has 0 aromatic rings. The molecule has 0 saturated carbocycles. The zero-order valence-electron chi connectivity index (χ0n) is 4.43. The predicted molar refractivity (Wildman–Crippen MR) is 12.6 cm³/mol. The zero-order chi connectivity index (χ0) is 7.71. The van der Waals surface area contributed by atoms with Gasteiger partial charge in [-0.15, -0.1) is 18.1 Å². The maximum atomic E-state index is 9.36. The Morgan fingerprint density at radius 3 is 0.909 bits per heavy atom. The first-order chi connectivity index (χ1) is 3.71. The summed E-state index contributed by atoms with van der Waals surface area (Å²) in [5, 5.41) is 0. The first-order valence-corrected chi connectivity index (χ1v) is 4.90. The van der Waals surface area contributed by atoms with Crippen LogP contribution in [0.1, 0.15) is 0 Å². The van der Waals surface area contributed by atoms with Crippen LogP contribution in [0.2, 0.25) is 0 Å². The van der Waals surface area contributed by atoms with E-state index in [2.05, 4.69) is 4.12 Å². The Kier molecular flexibility index (Phi) is 12.9. The van der Waals surface area contributed by atoms with Gasteiger partial charge in [0.25, 0.3) is 0 Å². The molecule has 0 aromatic heterocycles. The molecule has 0 unspecified atom stereocenters. The zero-order valence-corrected chi connectivity index (χ0v) is 10.1. The third-order valence-corrected chi connectivity index (χ3v) is 2.25. The standard InChI is InChI=1S/Ho.O7Si2.Yb/c;1-8(2,3)7-9(4,5)6;/q+3;-6;+3. The molecule has 0 fully saturated rings. The van der Waals surface area contributed by atoms with E-state index in [0.29, 0.717) is 0 Å². The smallest absolute Gasteiger partial charge is 0.862 e. The second-order valence-corrected chi connectivity index (χ2v) is 3.92. The van der Waals surface area contributed by atoms with Crippen LogP contribution >= 0.6 is 0 Å². The SMILES string of the molecule is [Ho+3].[O-][Si]([O-])([O-])O[Si]([O-])([O-])[O-].[Yb+3]. The molecule has 0 amide bonds. The summed E-state index contributed by atoms with van der Waals surface area (Å²) in [4.78, 5) is 56.2. The van der Waals surface area contributed by atoms with Crippen molar-refractivity contribution in [2.45, 2.75) is 0 Å². The average Bonchev–Trinajstić information content (AvgIpc) is 1.14. The minimum Gasteiger partial charge on any atom is -0.862 e. The Balaban J connectivity index is -0.000000320. The van der Waals surface area contributed by atoms with Crippen LogP contribution < -0.4 is 28.8 Å². The molecule has 0 atom stereocenters. The summed E-state index contributed by atoms with van der Waals surface area (Å²) in [7, 11) is -11.8. The molecular weight excluding hydrogens is 506 g/mol. The van der Waals surface area contributed by atoms with Crippen LogP contribution in [0.5, 0.6) is 0 Å². The molecule has 75 valence electrons. The summed E-state index contributed by atoms with van der Waals surface area (Å²) in [5.74, 6) is 0. The molecule has 0 N–H and O–H groups in total. The van der Waals surface area contributed by atoms with E-state index in [-0.39, 0.29) is 84.7 Å². The van der Waals surface area contributed by atoms with Gasteiger partial charge in [0.05, 0.1) is 0 Å². The van der Waals surface area contributed by atoms with Crippen LogP contribution in [0, 0.1) is 84.7 Å². The normalized spacial score (nSPS) is 11.5. The van der Waals surface area contributed by atoms with Crippen LogP contribution in [0.4, 0.5) is 0 Å². The molecule has 0 bridgehead atoms. The van der Waals surface area contributed by atoms with Crippen LogP contribution in [0.15, 0.2) is 0 Å². The van der Waals surface area contributed by atoms with Crippen molar-refractivity contribution in [2.24, 2.45) is 0 Å².